The summed E-state index contributed by atoms with van der Waals surface area (Å²) in [5.41, 5.74) is 1.33. The molecule has 0 saturated heterocycles. The zero-order chi connectivity index (χ0) is 20.5. The van der Waals surface area contributed by atoms with Gasteiger partial charge in [-0.1, -0.05) is 24.3 Å². The highest BCUT2D eigenvalue weighted by atomic mass is 16.5. The van der Waals surface area contributed by atoms with Crippen LogP contribution in [-0.2, 0) is 0 Å². The second kappa shape index (κ2) is 10.6. The highest BCUT2D eigenvalue weighted by Gasteiger charge is 2.24. The quantitative estimate of drug-likeness (QED) is 0.572. The predicted octanol–water partition coefficient (Wildman–Crippen LogP) is 2.19. The van der Waals surface area contributed by atoms with Crippen molar-refractivity contribution in [3.63, 3.8) is 0 Å². The van der Waals surface area contributed by atoms with Crippen LogP contribution >= 0.6 is 0 Å². The van der Waals surface area contributed by atoms with E-state index in [-0.39, 0.29) is 6.61 Å². The number of aliphatic hydroxyl groups excluding tert-OH is 3. The third-order valence-electron chi connectivity index (χ3n) is 4.16. The molecule has 0 unspecified atom stereocenters. The van der Waals surface area contributed by atoms with Gasteiger partial charge in [0.2, 0.25) is 0 Å². The SMILES string of the molecule is COc1ccc([C@@H](O)[C@H](CO)Oc2ccc(C=CCO)cc2OC)cc1OC. The monoisotopic (exact) mass is 390 g/mol. The normalized spacial score (nSPS) is 13.2. The summed E-state index contributed by atoms with van der Waals surface area (Å²) in [5, 5.41) is 29.3. The smallest absolute Gasteiger partial charge is 0.161 e. The van der Waals surface area contributed by atoms with Gasteiger partial charge in [-0.15, -0.1) is 0 Å². The van der Waals surface area contributed by atoms with Crippen LogP contribution in [0.25, 0.3) is 6.08 Å². The largest absolute Gasteiger partial charge is 0.493 e. The molecule has 28 heavy (non-hydrogen) atoms. The van der Waals surface area contributed by atoms with Gasteiger partial charge in [-0.05, 0) is 35.4 Å². The van der Waals surface area contributed by atoms with Crippen LogP contribution in [0.15, 0.2) is 42.5 Å². The van der Waals surface area contributed by atoms with E-state index in [2.05, 4.69) is 0 Å². The molecule has 2 aromatic rings. The lowest BCUT2D eigenvalue weighted by atomic mass is 10.0. The minimum atomic E-state index is -1.11. The fraction of sp³-hybridized carbons (Fsp3) is 0.333. The van der Waals surface area contributed by atoms with Gasteiger partial charge in [0.15, 0.2) is 29.1 Å². The van der Waals surface area contributed by atoms with Crippen molar-refractivity contribution < 1.29 is 34.3 Å². The molecular formula is C21H26O7. The Morgan fingerprint density at radius 1 is 0.857 bits per heavy atom. The Morgan fingerprint density at radius 2 is 1.50 bits per heavy atom. The van der Waals surface area contributed by atoms with E-state index in [9.17, 15) is 10.2 Å². The summed E-state index contributed by atoms with van der Waals surface area (Å²) in [5.74, 6) is 1.82. The third kappa shape index (κ3) is 5.16. The molecule has 0 bridgehead atoms. The Morgan fingerprint density at radius 3 is 2.11 bits per heavy atom. The summed E-state index contributed by atoms with van der Waals surface area (Å²) in [6, 6.07) is 10.2. The minimum absolute atomic E-state index is 0.0648. The van der Waals surface area contributed by atoms with Gasteiger partial charge in [0, 0.05) is 0 Å². The summed E-state index contributed by atoms with van der Waals surface area (Å²) in [6.07, 6.45) is 1.32. The van der Waals surface area contributed by atoms with E-state index in [0.717, 1.165) is 5.56 Å². The lowest BCUT2D eigenvalue weighted by Gasteiger charge is -2.24. The van der Waals surface area contributed by atoms with Gasteiger partial charge in [-0.2, -0.15) is 0 Å². The summed E-state index contributed by atoms with van der Waals surface area (Å²) >= 11 is 0. The second-order valence-electron chi connectivity index (χ2n) is 5.89. The van der Waals surface area contributed by atoms with E-state index < -0.39 is 18.8 Å². The molecule has 7 nitrogen and oxygen atoms in total. The van der Waals surface area contributed by atoms with Crippen LogP contribution in [0.4, 0.5) is 0 Å². The number of benzene rings is 2. The molecule has 0 amide bonds. The number of methoxy groups -OCH3 is 3. The number of aliphatic hydroxyl groups is 3. The first kappa shape index (κ1) is 21.6. The van der Waals surface area contributed by atoms with Crippen molar-refractivity contribution in [3.05, 3.63) is 53.6 Å². The highest BCUT2D eigenvalue weighted by Crippen LogP contribution is 2.34. The molecule has 2 aromatic carbocycles. The van der Waals surface area contributed by atoms with E-state index in [0.29, 0.717) is 28.6 Å². The van der Waals surface area contributed by atoms with Crippen LogP contribution < -0.4 is 18.9 Å². The van der Waals surface area contributed by atoms with E-state index in [1.165, 1.54) is 21.3 Å². The van der Waals surface area contributed by atoms with Gasteiger partial charge < -0.3 is 34.3 Å². The van der Waals surface area contributed by atoms with Gasteiger partial charge in [0.05, 0.1) is 34.5 Å². The molecule has 7 heteroatoms. The molecule has 152 valence electrons. The molecule has 2 rings (SSSR count). The maximum absolute atomic E-state index is 10.7. The lowest BCUT2D eigenvalue weighted by Crippen LogP contribution is -2.29. The summed E-state index contributed by atoms with van der Waals surface area (Å²) in [4.78, 5) is 0. The van der Waals surface area contributed by atoms with Crippen molar-refractivity contribution in [2.45, 2.75) is 12.2 Å². The van der Waals surface area contributed by atoms with E-state index >= 15 is 0 Å². The first-order chi connectivity index (χ1) is 13.6. The first-order valence-corrected chi connectivity index (χ1v) is 8.70. The minimum Gasteiger partial charge on any atom is -0.493 e. The molecule has 0 radical (unpaired) electrons. The molecule has 0 fully saturated rings. The molecule has 0 saturated carbocycles. The number of hydrogen-bond donors (Lipinski definition) is 3. The van der Waals surface area contributed by atoms with Gasteiger partial charge in [-0.3, -0.25) is 0 Å². The van der Waals surface area contributed by atoms with Crippen LogP contribution in [0.1, 0.15) is 17.2 Å². The van der Waals surface area contributed by atoms with Crippen molar-refractivity contribution in [1.29, 1.82) is 0 Å². The van der Waals surface area contributed by atoms with Crippen molar-refractivity contribution in [2.24, 2.45) is 0 Å². The fourth-order valence-corrected chi connectivity index (χ4v) is 2.69. The zero-order valence-electron chi connectivity index (χ0n) is 16.2. The molecule has 0 heterocycles. The highest BCUT2D eigenvalue weighted by molar-refractivity contribution is 5.56. The summed E-state index contributed by atoms with van der Waals surface area (Å²) < 4.78 is 21.6. The number of ether oxygens (including phenoxy) is 4. The Balaban J connectivity index is 2.25. The number of hydrogen-bond acceptors (Lipinski definition) is 7. The van der Waals surface area contributed by atoms with Crippen molar-refractivity contribution in [3.8, 4) is 23.0 Å². The van der Waals surface area contributed by atoms with E-state index in [1.807, 2.05) is 0 Å². The zero-order valence-corrected chi connectivity index (χ0v) is 16.2. The molecule has 2 atom stereocenters. The van der Waals surface area contributed by atoms with Crippen molar-refractivity contribution >= 4 is 6.08 Å². The molecule has 3 N–H and O–H groups in total. The van der Waals surface area contributed by atoms with Crippen LogP contribution in [0.3, 0.4) is 0 Å². The predicted molar refractivity (Wildman–Crippen MR) is 105 cm³/mol. The van der Waals surface area contributed by atoms with Gasteiger partial charge >= 0.3 is 0 Å². The van der Waals surface area contributed by atoms with E-state index in [1.54, 1.807) is 48.6 Å². The molecule has 0 aliphatic heterocycles. The molecule has 0 aliphatic carbocycles. The Labute approximate surface area is 164 Å². The van der Waals surface area contributed by atoms with Gasteiger partial charge in [-0.25, -0.2) is 0 Å². The maximum Gasteiger partial charge on any atom is 0.161 e. The Hall–Kier alpha value is -2.74. The van der Waals surface area contributed by atoms with Gasteiger partial charge in [0.1, 0.15) is 6.10 Å². The van der Waals surface area contributed by atoms with Gasteiger partial charge in [0.25, 0.3) is 0 Å². The standard InChI is InChI=1S/C21H26O7/c1-25-16-9-7-15(12-19(16)27-3)21(24)20(13-23)28-17-8-6-14(5-4-10-22)11-18(17)26-2/h4-9,11-12,20-24H,10,13H2,1-3H3/t20-,21+/m0/s1. The Kier molecular flexibility index (Phi) is 8.13. The Bertz CT molecular complexity index is 788. The molecule has 0 aromatic heterocycles. The summed E-state index contributed by atoms with van der Waals surface area (Å²) in [6.45, 7) is -0.477. The molecule has 0 aliphatic rings. The molecular weight excluding hydrogens is 364 g/mol. The van der Waals surface area contributed by atoms with Crippen LogP contribution in [-0.4, -0.2) is 56.0 Å². The maximum atomic E-state index is 10.7. The average molecular weight is 390 g/mol. The van der Waals surface area contributed by atoms with Crippen molar-refractivity contribution in [2.75, 3.05) is 34.5 Å². The van der Waals surface area contributed by atoms with E-state index in [4.69, 9.17) is 24.1 Å². The lowest BCUT2D eigenvalue weighted by molar-refractivity contribution is -0.000517. The average Bonchev–Trinajstić information content (AvgIpc) is 2.75. The topological polar surface area (TPSA) is 97.6 Å². The molecule has 0 spiro atoms. The fourth-order valence-electron chi connectivity index (χ4n) is 2.69. The first-order valence-electron chi connectivity index (χ1n) is 8.70. The van der Waals surface area contributed by atoms with Crippen LogP contribution in [0, 0.1) is 0 Å². The van der Waals surface area contributed by atoms with Crippen molar-refractivity contribution in [1.82, 2.24) is 0 Å². The van der Waals surface area contributed by atoms with Crippen LogP contribution in [0.2, 0.25) is 0 Å². The second-order valence-corrected chi connectivity index (χ2v) is 5.89. The van der Waals surface area contributed by atoms with Crippen LogP contribution in [0.5, 0.6) is 23.0 Å². The third-order valence-corrected chi connectivity index (χ3v) is 4.16. The summed E-state index contributed by atoms with van der Waals surface area (Å²) in [7, 11) is 4.53. The number of rotatable bonds is 10.